The Hall–Kier alpha value is -1.51. The van der Waals surface area contributed by atoms with Gasteiger partial charge in [0.2, 0.25) is 6.41 Å². The molecule has 1 aliphatic rings. The van der Waals surface area contributed by atoms with Gasteiger partial charge in [0.05, 0.1) is 5.69 Å². The lowest BCUT2D eigenvalue weighted by molar-refractivity contribution is -0.108. The maximum Gasteiger partial charge on any atom is 0.214 e. The van der Waals surface area contributed by atoms with Crippen LogP contribution in [-0.2, 0) is 11.2 Å². The van der Waals surface area contributed by atoms with Gasteiger partial charge in [-0.3, -0.25) is 4.79 Å². The molecule has 86 valence electrons. The van der Waals surface area contributed by atoms with E-state index in [1.165, 1.54) is 0 Å². The molecule has 1 heterocycles. The van der Waals surface area contributed by atoms with Crippen LogP contribution in [0.25, 0.3) is 0 Å². The largest absolute Gasteiger partial charge is 0.508 e. The minimum Gasteiger partial charge on any atom is -0.508 e. The van der Waals surface area contributed by atoms with E-state index < -0.39 is 0 Å². The molecule has 1 aromatic carbocycles. The van der Waals surface area contributed by atoms with Gasteiger partial charge in [-0.15, -0.1) is 0 Å². The van der Waals surface area contributed by atoms with E-state index in [-0.39, 0.29) is 5.54 Å². The molecule has 1 N–H and O–H groups in total. The molecule has 0 bridgehead atoms. The molecule has 0 radical (unpaired) electrons. The molecular weight excluding hydrogens is 202 g/mol. The topological polar surface area (TPSA) is 40.5 Å². The maximum absolute atomic E-state index is 11.2. The number of aromatic hydroxyl groups is 1. The van der Waals surface area contributed by atoms with Gasteiger partial charge < -0.3 is 10.0 Å². The molecular formula is C13H17NO2. The molecule has 0 aliphatic carbocycles. The zero-order valence-electron chi connectivity index (χ0n) is 10.2. The van der Waals surface area contributed by atoms with Crippen LogP contribution < -0.4 is 4.90 Å². The van der Waals surface area contributed by atoms with Gasteiger partial charge in [0, 0.05) is 5.54 Å². The second-order valence-electron chi connectivity index (χ2n) is 5.13. The van der Waals surface area contributed by atoms with Crippen LogP contribution in [0.3, 0.4) is 0 Å². The molecule has 0 atom stereocenters. The number of hydrogen-bond acceptors (Lipinski definition) is 2. The first-order valence-corrected chi connectivity index (χ1v) is 5.45. The number of aryl methyl sites for hydroxylation is 1. The lowest BCUT2D eigenvalue weighted by Crippen LogP contribution is -2.40. The van der Waals surface area contributed by atoms with Gasteiger partial charge in [0.1, 0.15) is 5.75 Å². The van der Waals surface area contributed by atoms with Crippen molar-refractivity contribution in [2.75, 3.05) is 4.90 Å². The van der Waals surface area contributed by atoms with E-state index in [2.05, 4.69) is 0 Å². The number of rotatable bonds is 1. The van der Waals surface area contributed by atoms with Crippen molar-refractivity contribution in [2.45, 2.75) is 39.7 Å². The third-order valence-corrected chi connectivity index (χ3v) is 3.46. The van der Waals surface area contributed by atoms with Gasteiger partial charge >= 0.3 is 0 Å². The quantitative estimate of drug-likeness (QED) is 0.736. The molecule has 1 aromatic rings. The third kappa shape index (κ3) is 1.31. The minimum absolute atomic E-state index is 0.201. The second-order valence-corrected chi connectivity index (χ2v) is 5.13. The predicted octanol–water partition coefficient (Wildman–Crippen LogP) is 2.31. The summed E-state index contributed by atoms with van der Waals surface area (Å²) in [6, 6.07) is 1.73. The Bertz CT molecular complexity index is 463. The van der Waals surface area contributed by atoms with E-state index in [1.807, 2.05) is 27.7 Å². The standard InChI is InChI=1S/C13H17NO2/c1-8-5-11(16)9(2)10-6-13(3,4)14(7-15)12(8)10/h5,7,16H,6H2,1-4H3. The van der Waals surface area contributed by atoms with Gasteiger partial charge in [-0.25, -0.2) is 0 Å². The van der Waals surface area contributed by atoms with Crippen LogP contribution in [-0.4, -0.2) is 17.1 Å². The van der Waals surface area contributed by atoms with E-state index in [0.717, 1.165) is 35.2 Å². The van der Waals surface area contributed by atoms with Crippen molar-refractivity contribution in [3.63, 3.8) is 0 Å². The molecule has 0 saturated carbocycles. The van der Waals surface area contributed by atoms with E-state index in [0.29, 0.717) is 5.75 Å². The van der Waals surface area contributed by atoms with Crippen LogP contribution in [0.15, 0.2) is 6.07 Å². The van der Waals surface area contributed by atoms with Crippen molar-refractivity contribution >= 4 is 12.1 Å². The molecule has 0 aromatic heterocycles. The van der Waals surface area contributed by atoms with E-state index >= 15 is 0 Å². The zero-order valence-corrected chi connectivity index (χ0v) is 10.2. The molecule has 0 fully saturated rings. The van der Waals surface area contributed by atoms with Gasteiger partial charge in [-0.05, 0) is 56.9 Å². The van der Waals surface area contributed by atoms with Gasteiger partial charge in [-0.2, -0.15) is 0 Å². The van der Waals surface area contributed by atoms with E-state index in [1.54, 1.807) is 11.0 Å². The Morgan fingerprint density at radius 2 is 2.06 bits per heavy atom. The molecule has 0 saturated heterocycles. The Morgan fingerprint density at radius 3 is 2.62 bits per heavy atom. The van der Waals surface area contributed by atoms with Gasteiger partial charge in [0.25, 0.3) is 0 Å². The van der Waals surface area contributed by atoms with Crippen molar-refractivity contribution < 1.29 is 9.90 Å². The molecule has 2 rings (SSSR count). The molecule has 1 aliphatic heterocycles. The van der Waals surface area contributed by atoms with Crippen LogP contribution in [0.2, 0.25) is 0 Å². The lowest BCUT2D eigenvalue weighted by atomic mass is 9.95. The van der Waals surface area contributed by atoms with Crippen molar-refractivity contribution in [1.29, 1.82) is 0 Å². The fourth-order valence-corrected chi connectivity index (χ4v) is 2.52. The smallest absolute Gasteiger partial charge is 0.214 e. The second kappa shape index (κ2) is 3.24. The maximum atomic E-state index is 11.2. The summed E-state index contributed by atoms with van der Waals surface area (Å²) in [6.45, 7) is 7.91. The van der Waals surface area contributed by atoms with Crippen molar-refractivity contribution in [2.24, 2.45) is 0 Å². The first-order valence-electron chi connectivity index (χ1n) is 5.45. The van der Waals surface area contributed by atoms with Gasteiger partial charge in [-0.1, -0.05) is 0 Å². The van der Waals surface area contributed by atoms with Crippen molar-refractivity contribution in [3.05, 3.63) is 22.8 Å². The lowest BCUT2D eigenvalue weighted by Gasteiger charge is -2.28. The molecule has 3 nitrogen and oxygen atoms in total. The fourth-order valence-electron chi connectivity index (χ4n) is 2.52. The number of nitrogens with zero attached hydrogens (tertiary/aromatic N) is 1. The fraction of sp³-hybridized carbons (Fsp3) is 0.462. The number of anilines is 1. The first kappa shape index (κ1) is 11.0. The van der Waals surface area contributed by atoms with E-state index in [9.17, 15) is 9.90 Å². The third-order valence-electron chi connectivity index (χ3n) is 3.46. The highest BCUT2D eigenvalue weighted by atomic mass is 16.3. The highest BCUT2D eigenvalue weighted by Crippen LogP contribution is 2.44. The van der Waals surface area contributed by atoms with Crippen LogP contribution in [0, 0.1) is 13.8 Å². The number of amides is 1. The Kier molecular flexibility index (Phi) is 2.22. The molecule has 0 unspecified atom stereocenters. The van der Waals surface area contributed by atoms with E-state index in [4.69, 9.17) is 0 Å². The summed E-state index contributed by atoms with van der Waals surface area (Å²) in [5.41, 5.74) is 3.70. The summed E-state index contributed by atoms with van der Waals surface area (Å²) in [6.07, 6.45) is 1.68. The molecule has 1 amide bonds. The van der Waals surface area contributed by atoms with Crippen LogP contribution in [0.4, 0.5) is 5.69 Å². The molecule has 3 heteroatoms. The summed E-state index contributed by atoms with van der Waals surface area (Å²) in [5.74, 6) is 0.319. The Labute approximate surface area is 95.7 Å². The number of phenols is 1. The summed E-state index contributed by atoms with van der Waals surface area (Å²) in [4.78, 5) is 13.0. The first-order chi connectivity index (χ1) is 7.38. The molecule has 16 heavy (non-hydrogen) atoms. The average molecular weight is 219 g/mol. The Morgan fingerprint density at radius 1 is 1.44 bits per heavy atom. The van der Waals surface area contributed by atoms with Gasteiger partial charge in [0.15, 0.2) is 0 Å². The summed E-state index contributed by atoms with van der Waals surface area (Å²) in [5, 5.41) is 9.79. The zero-order chi connectivity index (χ0) is 12.1. The number of hydrogen-bond donors (Lipinski definition) is 1. The van der Waals surface area contributed by atoms with Crippen molar-refractivity contribution in [3.8, 4) is 5.75 Å². The minimum atomic E-state index is -0.201. The number of carbonyl (C=O) groups excluding carboxylic acids is 1. The number of benzene rings is 1. The average Bonchev–Trinajstić information content (AvgIpc) is 2.46. The highest BCUT2D eigenvalue weighted by molar-refractivity contribution is 5.85. The number of fused-ring (bicyclic) bond motifs is 1. The summed E-state index contributed by atoms with van der Waals surface area (Å²) < 4.78 is 0. The Balaban J connectivity index is 2.71. The summed E-state index contributed by atoms with van der Waals surface area (Å²) >= 11 is 0. The van der Waals surface area contributed by atoms with Crippen LogP contribution in [0.1, 0.15) is 30.5 Å². The number of phenolic OH excluding ortho intramolecular Hbond substituents is 1. The normalized spacial score (nSPS) is 17.4. The van der Waals surface area contributed by atoms with Crippen LogP contribution >= 0.6 is 0 Å². The molecule has 0 spiro atoms. The number of carbonyl (C=O) groups is 1. The summed E-state index contributed by atoms with van der Waals surface area (Å²) in [7, 11) is 0. The van der Waals surface area contributed by atoms with Crippen LogP contribution in [0.5, 0.6) is 5.75 Å². The predicted molar refractivity (Wildman–Crippen MR) is 63.9 cm³/mol. The SMILES string of the molecule is Cc1cc(O)c(C)c2c1N(C=O)C(C)(C)C2. The van der Waals surface area contributed by atoms with Crippen molar-refractivity contribution in [1.82, 2.24) is 0 Å². The monoisotopic (exact) mass is 219 g/mol. The highest BCUT2D eigenvalue weighted by Gasteiger charge is 2.38.